The maximum atomic E-state index is 13.4. The molecule has 12 nitrogen and oxygen atoms in total. The van der Waals surface area contributed by atoms with Gasteiger partial charge in [-0.2, -0.15) is 5.26 Å². The van der Waals surface area contributed by atoms with Crippen LogP contribution in [0.5, 0.6) is 0 Å². The SMILES string of the molecule is C[C@H]1CC2(CCN(c3ccc(CN4CCC(C5CCN(c6ccc7c(c6)C(=O)N(C6CCC(=O)NC6=O)C7=O)CC5)CC4)nc3)CC2)CN1c1ccc(C#N)c(Cl)c1. The van der Waals surface area contributed by atoms with Gasteiger partial charge in [0.1, 0.15) is 12.1 Å². The van der Waals surface area contributed by atoms with Crippen LogP contribution >= 0.6 is 11.6 Å². The fourth-order valence-corrected chi connectivity index (χ4v) is 11.0. The molecule has 4 amide bonds. The molecule has 13 heteroatoms. The number of nitrogens with zero attached hydrogens (tertiary/aromatic N) is 7. The van der Waals surface area contributed by atoms with Crippen LogP contribution < -0.4 is 20.0 Å². The zero-order valence-electron chi connectivity index (χ0n) is 33.2. The molecule has 2 aromatic carbocycles. The molecule has 58 heavy (non-hydrogen) atoms. The number of fused-ring (bicyclic) bond motifs is 1. The van der Waals surface area contributed by atoms with E-state index in [4.69, 9.17) is 16.6 Å². The molecule has 1 spiro atoms. The molecule has 0 radical (unpaired) electrons. The third kappa shape index (κ3) is 7.32. The van der Waals surface area contributed by atoms with E-state index in [1.54, 1.807) is 6.07 Å². The summed E-state index contributed by atoms with van der Waals surface area (Å²) < 4.78 is 0. The highest BCUT2D eigenvalue weighted by atomic mass is 35.5. The first kappa shape index (κ1) is 38.5. The van der Waals surface area contributed by atoms with E-state index < -0.39 is 23.8 Å². The van der Waals surface area contributed by atoms with Gasteiger partial charge in [0.05, 0.1) is 39.3 Å². The summed E-state index contributed by atoms with van der Waals surface area (Å²) in [6.45, 7) is 10.2. The highest BCUT2D eigenvalue weighted by Crippen LogP contribution is 2.46. The van der Waals surface area contributed by atoms with Crippen LogP contribution in [0.3, 0.4) is 0 Å². The molecule has 1 aromatic heterocycles. The molecule has 0 aliphatic carbocycles. The Kier molecular flexibility index (Phi) is 10.4. The second kappa shape index (κ2) is 15.6. The fourth-order valence-electron chi connectivity index (χ4n) is 10.8. The Labute approximate surface area is 345 Å². The molecule has 5 saturated heterocycles. The van der Waals surface area contributed by atoms with Crippen LogP contribution in [0.1, 0.15) is 96.7 Å². The van der Waals surface area contributed by atoms with Crippen LogP contribution in [-0.4, -0.2) is 96.3 Å². The minimum absolute atomic E-state index is 0.107. The number of carbonyl (C=O) groups is 4. The van der Waals surface area contributed by atoms with Crippen LogP contribution in [-0.2, 0) is 16.1 Å². The average molecular weight is 803 g/mol. The third-order valence-electron chi connectivity index (χ3n) is 14.2. The Hall–Kier alpha value is -4.99. The Morgan fingerprint density at radius 1 is 0.810 bits per heavy atom. The van der Waals surface area contributed by atoms with Crippen LogP contribution in [0, 0.1) is 28.6 Å². The molecule has 302 valence electrons. The second-order valence-electron chi connectivity index (χ2n) is 17.6. The van der Waals surface area contributed by atoms with Crippen molar-refractivity contribution in [3.05, 3.63) is 82.1 Å². The van der Waals surface area contributed by atoms with E-state index >= 15 is 0 Å². The summed E-state index contributed by atoms with van der Waals surface area (Å²) in [5.74, 6) is -0.518. The van der Waals surface area contributed by atoms with E-state index in [9.17, 15) is 24.4 Å². The summed E-state index contributed by atoms with van der Waals surface area (Å²) in [5.41, 5.74) is 5.85. The van der Waals surface area contributed by atoms with Crippen molar-refractivity contribution in [1.82, 2.24) is 20.1 Å². The van der Waals surface area contributed by atoms with E-state index in [2.05, 4.69) is 56.2 Å². The van der Waals surface area contributed by atoms with Crippen molar-refractivity contribution < 1.29 is 19.2 Å². The van der Waals surface area contributed by atoms with Crippen LogP contribution in [0.15, 0.2) is 54.7 Å². The number of nitrogens with one attached hydrogen (secondary N) is 1. The molecule has 7 heterocycles. The largest absolute Gasteiger partial charge is 0.371 e. The summed E-state index contributed by atoms with van der Waals surface area (Å²) in [5, 5.41) is 12.1. The standard InChI is InChI=1S/C45H51ClN8O4/c1-29-24-45(28-53(29)35-4-2-32(25-47)39(46)23-35)14-20-52(21-15-45)36-5-3-33(48-26-36)27-50-16-10-30(11-17-50)31-12-18-51(19-13-31)34-6-7-37-38(22-34)44(58)54(43(37)57)40-8-9-41(55)49-42(40)56/h2-7,22-23,26,29-31,40H,8-21,24,27-28H2,1H3,(H,49,55,56)/t29-,40?/m0/s1. The molecule has 3 aromatic rings. The van der Waals surface area contributed by atoms with Gasteiger partial charge >= 0.3 is 0 Å². The molecule has 5 fully saturated rings. The molecule has 0 bridgehead atoms. The van der Waals surface area contributed by atoms with Crippen molar-refractivity contribution in [2.45, 2.75) is 83.3 Å². The van der Waals surface area contributed by atoms with Crippen molar-refractivity contribution in [3.8, 4) is 6.07 Å². The van der Waals surface area contributed by atoms with E-state index in [0.717, 1.165) is 100 Å². The maximum Gasteiger partial charge on any atom is 0.262 e. The minimum Gasteiger partial charge on any atom is -0.371 e. The molecule has 0 saturated carbocycles. The lowest BCUT2D eigenvalue weighted by atomic mass is 9.76. The Bertz CT molecular complexity index is 2150. The number of aromatic nitrogens is 1. The highest BCUT2D eigenvalue weighted by molar-refractivity contribution is 6.32. The molecule has 6 aliphatic heterocycles. The number of amides is 4. The smallest absolute Gasteiger partial charge is 0.262 e. The number of likely N-dealkylation sites (tertiary alicyclic amines) is 1. The number of imide groups is 2. The highest BCUT2D eigenvalue weighted by Gasteiger charge is 2.46. The number of pyridine rings is 1. The van der Waals surface area contributed by atoms with Gasteiger partial charge in [0.25, 0.3) is 11.8 Å². The van der Waals surface area contributed by atoms with Crippen LogP contribution in [0.25, 0.3) is 0 Å². The number of rotatable bonds is 7. The minimum atomic E-state index is -0.954. The summed E-state index contributed by atoms with van der Waals surface area (Å²) in [6, 6.07) is 17.4. The maximum absolute atomic E-state index is 13.4. The molecule has 9 rings (SSSR count). The first-order valence-corrected chi connectivity index (χ1v) is 21.4. The van der Waals surface area contributed by atoms with Gasteiger partial charge < -0.3 is 14.7 Å². The monoisotopic (exact) mass is 802 g/mol. The number of benzene rings is 2. The van der Waals surface area contributed by atoms with Gasteiger partial charge in [-0.25, -0.2) is 0 Å². The number of carbonyl (C=O) groups excluding carboxylic acids is 4. The number of hydrogen-bond donors (Lipinski definition) is 1. The number of anilines is 3. The topological polar surface area (TPSA) is 133 Å². The lowest BCUT2D eigenvalue weighted by Gasteiger charge is -2.41. The summed E-state index contributed by atoms with van der Waals surface area (Å²) >= 11 is 6.39. The van der Waals surface area contributed by atoms with Crippen molar-refractivity contribution in [2.75, 3.05) is 60.5 Å². The Balaban J connectivity index is 0.720. The molecular formula is C45H51ClN8O4. The van der Waals surface area contributed by atoms with Gasteiger partial charge in [0, 0.05) is 63.1 Å². The van der Waals surface area contributed by atoms with Gasteiger partial charge in [-0.05, 0) is 137 Å². The van der Waals surface area contributed by atoms with E-state index in [-0.39, 0.29) is 18.7 Å². The molecule has 1 N–H and O–H groups in total. The van der Waals surface area contributed by atoms with Crippen molar-refractivity contribution >= 4 is 52.3 Å². The lowest BCUT2D eigenvalue weighted by Crippen LogP contribution is -2.54. The van der Waals surface area contributed by atoms with Gasteiger partial charge in [0.2, 0.25) is 11.8 Å². The summed E-state index contributed by atoms with van der Waals surface area (Å²) in [7, 11) is 0. The fraction of sp³-hybridized carbons (Fsp3) is 0.511. The Morgan fingerprint density at radius 3 is 2.16 bits per heavy atom. The number of nitriles is 1. The molecule has 2 atom stereocenters. The quantitative estimate of drug-likeness (QED) is 0.283. The van der Waals surface area contributed by atoms with E-state index in [0.29, 0.717) is 45.0 Å². The predicted octanol–water partition coefficient (Wildman–Crippen LogP) is 6.02. The van der Waals surface area contributed by atoms with Crippen molar-refractivity contribution in [3.63, 3.8) is 0 Å². The normalized spacial score (nSPS) is 24.4. The first-order chi connectivity index (χ1) is 28.1. The summed E-state index contributed by atoms with van der Waals surface area (Å²) in [4.78, 5) is 66.4. The number of hydrogen-bond acceptors (Lipinski definition) is 10. The Morgan fingerprint density at radius 2 is 1.48 bits per heavy atom. The zero-order chi connectivity index (χ0) is 40.1. The van der Waals surface area contributed by atoms with Crippen LogP contribution in [0.2, 0.25) is 5.02 Å². The zero-order valence-corrected chi connectivity index (χ0v) is 33.9. The van der Waals surface area contributed by atoms with Crippen molar-refractivity contribution in [1.29, 1.82) is 5.26 Å². The number of piperidine rings is 4. The number of halogens is 1. The summed E-state index contributed by atoms with van der Waals surface area (Å²) in [6.07, 6.45) is 10.4. The van der Waals surface area contributed by atoms with Gasteiger partial charge in [-0.1, -0.05) is 11.6 Å². The third-order valence-corrected chi connectivity index (χ3v) is 14.5. The van der Waals surface area contributed by atoms with Gasteiger partial charge in [0.15, 0.2) is 0 Å². The van der Waals surface area contributed by atoms with E-state index in [1.807, 2.05) is 30.3 Å². The van der Waals surface area contributed by atoms with Crippen molar-refractivity contribution in [2.24, 2.45) is 17.3 Å². The van der Waals surface area contributed by atoms with Gasteiger partial charge in [-0.3, -0.25) is 39.3 Å². The van der Waals surface area contributed by atoms with E-state index in [1.165, 1.54) is 24.9 Å². The lowest BCUT2D eigenvalue weighted by molar-refractivity contribution is -0.136. The molecular weight excluding hydrogens is 752 g/mol. The van der Waals surface area contributed by atoms with Crippen LogP contribution in [0.4, 0.5) is 17.1 Å². The first-order valence-electron chi connectivity index (χ1n) is 21.1. The predicted molar refractivity (Wildman–Crippen MR) is 222 cm³/mol. The average Bonchev–Trinajstić information content (AvgIpc) is 3.69. The molecule has 6 aliphatic rings. The van der Waals surface area contributed by atoms with Gasteiger partial charge in [-0.15, -0.1) is 0 Å². The second-order valence-corrected chi connectivity index (χ2v) is 18.0. The molecule has 1 unspecified atom stereocenters.